The highest BCUT2D eigenvalue weighted by Crippen LogP contribution is 2.32. The zero-order chi connectivity index (χ0) is 18.3. The molecule has 3 nitrogen and oxygen atoms in total. The van der Waals surface area contributed by atoms with Crippen molar-refractivity contribution in [3.63, 3.8) is 0 Å². The lowest BCUT2D eigenvalue weighted by atomic mass is 9.91. The molecule has 0 radical (unpaired) electrons. The van der Waals surface area contributed by atoms with E-state index in [-0.39, 0.29) is 13.4 Å². The Balaban J connectivity index is 0.00000338. The van der Waals surface area contributed by atoms with Gasteiger partial charge in [-0.2, -0.15) is 0 Å². The number of anilines is 1. The molecule has 0 unspecified atom stereocenters. The lowest BCUT2D eigenvalue weighted by molar-refractivity contribution is -0.00826. The Bertz CT molecular complexity index is 633. The average Bonchev–Trinajstić information content (AvgIpc) is 2.63. The number of rotatable bonds is 7. The standard InChI is InChI=1S/C20H27F2N3.H2/c1-4-12-24-19(16-10-13-23-14-11-16)15(3)25-18-8-6-17(7-9-18)20(21,22)5-2;/h4,6-9,12,16,23,25H,3,5,10-11,13-14H2,1-2H3;1H/b12-4-,24-19?;. The van der Waals surface area contributed by atoms with Crippen LogP contribution in [0.25, 0.3) is 0 Å². The minimum atomic E-state index is -2.79. The van der Waals surface area contributed by atoms with E-state index in [1.54, 1.807) is 18.3 Å². The van der Waals surface area contributed by atoms with Gasteiger partial charge in [-0.3, -0.25) is 4.99 Å². The van der Waals surface area contributed by atoms with Gasteiger partial charge in [-0.25, -0.2) is 8.78 Å². The second-order valence-corrected chi connectivity index (χ2v) is 6.26. The molecule has 1 heterocycles. The van der Waals surface area contributed by atoms with Crippen molar-refractivity contribution < 1.29 is 10.2 Å². The molecular weight excluding hydrogens is 320 g/mol. The molecule has 0 bridgehead atoms. The molecule has 138 valence electrons. The summed E-state index contributed by atoms with van der Waals surface area (Å²) < 4.78 is 27.4. The van der Waals surface area contributed by atoms with Gasteiger partial charge in [-0.1, -0.05) is 31.7 Å². The van der Waals surface area contributed by atoms with Crippen LogP contribution in [-0.2, 0) is 5.92 Å². The lowest BCUT2D eigenvalue weighted by Crippen LogP contribution is -2.33. The molecule has 1 aliphatic heterocycles. The maximum absolute atomic E-state index is 13.7. The summed E-state index contributed by atoms with van der Waals surface area (Å²) in [5.74, 6) is -2.44. The van der Waals surface area contributed by atoms with Crippen molar-refractivity contribution in [2.75, 3.05) is 18.4 Å². The summed E-state index contributed by atoms with van der Waals surface area (Å²) in [7, 11) is 0. The van der Waals surface area contributed by atoms with E-state index in [9.17, 15) is 8.78 Å². The molecule has 0 amide bonds. The van der Waals surface area contributed by atoms with Crippen molar-refractivity contribution in [3.05, 3.63) is 54.4 Å². The minimum absolute atomic E-state index is 0. The fourth-order valence-corrected chi connectivity index (χ4v) is 2.92. The number of nitrogens with zero attached hydrogens (tertiary/aromatic N) is 1. The quantitative estimate of drug-likeness (QED) is 0.652. The maximum Gasteiger partial charge on any atom is 0.273 e. The van der Waals surface area contributed by atoms with Gasteiger partial charge in [0.25, 0.3) is 5.92 Å². The fourth-order valence-electron chi connectivity index (χ4n) is 2.92. The number of alkyl halides is 2. The molecule has 1 aromatic rings. The minimum Gasteiger partial charge on any atom is -0.355 e. The summed E-state index contributed by atoms with van der Waals surface area (Å²) in [5.41, 5.74) is 2.43. The number of allylic oxidation sites excluding steroid dienone is 2. The number of aliphatic imine (C=N–C) groups is 1. The second-order valence-electron chi connectivity index (χ2n) is 6.26. The van der Waals surface area contributed by atoms with E-state index in [1.807, 2.05) is 13.0 Å². The van der Waals surface area contributed by atoms with Gasteiger partial charge >= 0.3 is 0 Å². The molecule has 0 saturated carbocycles. The third-order valence-corrected chi connectivity index (χ3v) is 4.44. The van der Waals surface area contributed by atoms with Crippen LogP contribution in [0.1, 0.15) is 40.1 Å². The maximum atomic E-state index is 13.7. The predicted octanol–water partition coefficient (Wildman–Crippen LogP) is 5.33. The Kier molecular flexibility index (Phi) is 6.88. The van der Waals surface area contributed by atoms with Crippen LogP contribution in [-0.4, -0.2) is 18.8 Å². The number of halogens is 2. The number of nitrogens with one attached hydrogen (secondary N) is 2. The molecule has 1 fully saturated rings. The van der Waals surface area contributed by atoms with Gasteiger partial charge in [0.05, 0.1) is 11.4 Å². The van der Waals surface area contributed by atoms with Gasteiger partial charge in [0.1, 0.15) is 0 Å². The van der Waals surface area contributed by atoms with Crippen LogP contribution in [0.2, 0.25) is 0 Å². The molecule has 2 N–H and O–H groups in total. The van der Waals surface area contributed by atoms with Crippen molar-refractivity contribution in [2.24, 2.45) is 10.9 Å². The SMILES string of the molecule is C=C(Nc1ccc(C(F)(F)CC)cc1)C(=N/C=C\C)C1CCNCC1.[HH]. The van der Waals surface area contributed by atoms with Crippen molar-refractivity contribution in [2.45, 2.75) is 39.0 Å². The molecule has 0 atom stereocenters. The topological polar surface area (TPSA) is 36.4 Å². The van der Waals surface area contributed by atoms with E-state index in [2.05, 4.69) is 22.2 Å². The molecule has 0 spiro atoms. The molecule has 25 heavy (non-hydrogen) atoms. The summed E-state index contributed by atoms with van der Waals surface area (Å²) in [4.78, 5) is 4.56. The van der Waals surface area contributed by atoms with E-state index in [0.717, 1.165) is 43.0 Å². The van der Waals surface area contributed by atoms with Crippen LogP contribution in [0.15, 0.2) is 53.8 Å². The molecule has 0 aromatic heterocycles. The van der Waals surface area contributed by atoms with Gasteiger partial charge in [0, 0.05) is 31.2 Å². The molecule has 5 heteroatoms. The first-order valence-corrected chi connectivity index (χ1v) is 8.82. The van der Waals surface area contributed by atoms with Crippen LogP contribution in [0, 0.1) is 5.92 Å². The van der Waals surface area contributed by atoms with Crippen molar-refractivity contribution in [1.82, 2.24) is 5.32 Å². The molecule has 2 rings (SSSR count). The van der Waals surface area contributed by atoms with E-state index < -0.39 is 5.92 Å². The van der Waals surface area contributed by atoms with E-state index in [1.165, 1.54) is 19.1 Å². The Morgan fingerprint density at radius 3 is 2.56 bits per heavy atom. The molecule has 0 aliphatic carbocycles. The van der Waals surface area contributed by atoms with Gasteiger partial charge in [0.15, 0.2) is 0 Å². The van der Waals surface area contributed by atoms with Gasteiger partial charge in [0.2, 0.25) is 0 Å². The zero-order valence-corrected chi connectivity index (χ0v) is 15.0. The van der Waals surface area contributed by atoms with Crippen molar-refractivity contribution >= 4 is 11.4 Å². The summed E-state index contributed by atoms with van der Waals surface area (Å²) >= 11 is 0. The first-order chi connectivity index (χ1) is 12.0. The summed E-state index contributed by atoms with van der Waals surface area (Å²) in [6.07, 6.45) is 5.48. The Morgan fingerprint density at radius 2 is 2.00 bits per heavy atom. The van der Waals surface area contributed by atoms with Crippen LogP contribution in [0.3, 0.4) is 0 Å². The number of benzene rings is 1. The molecular formula is C20H29F2N3. The highest BCUT2D eigenvalue weighted by Gasteiger charge is 2.28. The van der Waals surface area contributed by atoms with E-state index in [4.69, 9.17) is 0 Å². The first-order valence-electron chi connectivity index (χ1n) is 8.82. The summed E-state index contributed by atoms with van der Waals surface area (Å²) in [6, 6.07) is 6.26. The molecule has 1 aromatic carbocycles. The molecule has 1 aliphatic rings. The summed E-state index contributed by atoms with van der Waals surface area (Å²) in [5, 5.41) is 6.57. The van der Waals surface area contributed by atoms with Crippen LogP contribution in [0.4, 0.5) is 14.5 Å². The normalized spacial score (nSPS) is 17.0. The van der Waals surface area contributed by atoms with Gasteiger partial charge in [-0.05, 0) is 45.0 Å². The van der Waals surface area contributed by atoms with E-state index >= 15 is 0 Å². The Labute approximate surface area is 150 Å². The van der Waals surface area contributed by atoms with Gasteiger partial charge < -0.3 is 10.6 Å². The second kappa shape index (κ2) is 8.90. The third-order valence-electron chi connectivity index (χ3n) is 4.44. The largest absolute Gasteiger partial charge is 0.355 e. The summed E-state index contributed by atoms with van der Waals surface area (Å²) in [6.45, 7) is 9.46. The number of hydrogen-bond acceptors (Lipinski definition) is 3. The zero-order valence-electron chi connectivity index (χ0n) is 15.0. The van der Waals surface area contributed by atoms with E-state index in [0.29, 0.717) is 5.92 Å². The predicted molar refractivity (Wildman–Crippen MR) is 103 cm³/mol. The lowest BCUT2D eigenvalue weighted by Gasteiger charge is -2.25. The van der Waals surface area contributed by atoms with Crippen molar-refractivity contribution in [3.8, 4) is 0 Å². The Morgan fingerprint density at radius 1 is 1.36 bits per heavy atom. The van der Waals surface area contributed by atoms with Gasteiger partial charge in [-0.15, -0.1) is 0 Å². The van der Waals surface area contributed by atoms with Crippen LogP contribution in [0.5, 0.6) is 0 Å². The highest BCUT2D eigenvalue weighted by molar-refractivity contribution is 6.04. The highest BCUT2D eigenvalue weighted by atomic mass is 19.3. The fraction of sp³-hybridized carbons (Fsp3) is 0.450. The molecule has 1 saturated heterocycles. The van der Waals surface area contributed by atoms with Crippen LogP contribution >= 0.6 is 0 Å². The van der Waals surface area contributed by atoms with Crippen molar-refractivity contribution in [1.29, 1.82) is 0 Å². The van der Waals surface area contributed by atoms with Crippen LogP contribution < -0.4 is 10.6 Å². The third kappa shape index (κ3) is 5.23. The number of hydrogen-bond donors (Lipinski definition) is 2. The number of piperidine rings is 1. The Hall–Kier alpha value is -2.01. The first kappa shape index (κ1) is 19.3. The smallest absolute Gasteiger partial charge is 0.273 e. The monoisotopic (exact) mass is 349 g/mol. The average molecular weight is 349 g/mol.